The van der Waals surface area contributed by atoms with Crippen LogP contribution in [0.5, 0.6) is 0 Å². The van der Waals surface area contributed by atoms with Crippen molar-refractivity contribution in [3.63, 3.8) is 0 Å². The summed E-state index contributed by atoms with van der Waals surface area (Å²) in [5.41, 5.74) is 1.29. The Morgan fingerprint density at radius 2 is 2.33 bits per heavy atom. The van der Waals surface area contributed by atoms with Crippen LogP contribution in [0.4, 0.5) is 4.79 Å². The van der Waals surface area contributed by atoms with E-state index in [1.165, 1.54) is 4.90 Å². The molecule has 2 N–H and O–H groups in total. The van der Waals surface area contributed by atoms with Crippen LogP contribution < -0.4 is 5.32 Å². The zero-order chi connectivity index (χ0) is 12.7. The van der Waals surface area contributed by atoms with E-state index in [1.807, 2.05) is 0 Å². The van der Waals surface area contributed by atoms with E-state index in [9.17, 15) is 9.59 Å². The van der Waals surface area contributed by atoms with E-state index in [-0.39, 0.29) is 17.7 Å². The number of carbonyl (C=O) groups is 2. The van der Waals surface area contributed by atoms with Crippen LogP contribution in [-0.2, 0) is 0 Å². The molecule has 0 aliphatic carbocycles. The molecule has 0 bridgehead atoms. The molecule has 3 rings (SSSR count). The Morgan fingerprint density at radius 1 is 1.50 bits per heavy atom. The Kier molecular flexibility index (Phi) is 2.43. The van der Waals surface area contributed by atoms with Gasteiger partial charge < -0.3 is 15.3 Å². The molecular formula is C12H13N3O3. The summed E-state index contributed by atoms with van der Waals surface area (Å²) in [7, 11) is 0. The standard InChI is InChI=1S/C12H13N3O3/c16-11-8-2-1-3-13-10(8)9-6-15(12(17)18)5-7(9)4-14-11/h1-3,7,9H,4-6H2,(H,14,16)(H,17,18)/t7-,9-/m1/s1. The summed E-state index contributed by atoms with van der Waals surface area (Å²) < 4.78 is 0. The number of fused-ring (bicyclic) bond motifs is 3. The summed E-state index contributed by atoms with van der Waals surface area (Å²) in [6.07, 6.45) is 0.740. The molecule has 6 nitrogen and oxygen atoms in total. The number of hydrogen-bond acceptors (Lipinski definition) is 3. The zero-order valence-electron chi connectivity index (χ0n) is 9.67. The molecule has 1 aromatic rings. The third-order valence-corrected chi connectivity index (χ3v) is 3.67. The highest BCUT2D eigenvalue weighted by atomic mass is 16.4. The van der Waals surface area contributed by atoms with Crippen molar-refractivity contribution in [2.75, 3.05) is 19.6 Å². The van der Waals surface area contributed by atoms with Gasteiger partial charge in [0.25, 0.3) is 5.91 Å². The molecule has 2 aliphatic heterocycles. The van der Waals surface area contributed by atoms with Crippen molar-refractivity contribution in [3.8, 4) is 0 Å². The van der Waals surface area contributed by atoms with Crippen LogP contribution in [0.15, 0.2) is 18.3 Å². The predicted molar refractivity (Wildman–Crippen MR) is 62.4 cm³/mol. The number of carboxylic acid groups (broad SMARTS) is 1. The smallest absolute Gasteiger partial charge is 0.407 e. The number of likely N-dealkylation sites (tertiary alicyclic amines) is 1. The highest BCUT2D eigenvalue weighted by Gasteiger charge is 2.40. The molecule has 0 radical (unpaired) electrons. The quantitative estimate of drug-likeness (QED) is 0.700. The lowest BCUT2D eigenvalue weighted by molar-refractivity contribution is 0.0951. The van der Waals surface area contributed by atoms with Gasteiger partial charge in [0, 0.05) is 37.7 Å². The number of nitrogens with one attached hydrogen (secondary N) is 1. The molecule has 6 heteroatoms. The van der Waals surface area contributed by atoms with Gasteiger partial charge in [0.1, 0.15) is 0 Å². The first kappa shape index (κ1) is 11.0. The van der Waals surface area contributed by atoms with Crippen molar-refractivity contribution in [3.05, 3.63) is 29.6 Å². The first-order valence-corrected chi connectivity index (χ1v) is 5.88. The van der Waals surface area contributed by atoms with Crippen LogP contribution in [0.3, 0.4) is 0 Å². The average Bonchev–Trinajstić information content (AvgIpc) is 2.75. The molecule has 1 fully saturated rings. The molecule has 0 aromatic carbocycles. The lowest BCUT2D eigenvalue weighted by Crippen LogP contribution is -2.31. The maximum atomic E-state index is 11.9. The van der Waals surface area contributed by atoms with Crippen LogP contribution in [0.1, 0.15) is 22.0 Å². The van der Waals surface area contributed by atoms with Crippen molar-refractivity contribution in [1.82, 2.24) is 15.2 Å². The second kappa shape index (κ2) is 3.97. The second-order valence-electron chi connectivity index (χ2n) is 4.70. The normalized spacial score (nSPS) is 26.0. The van der Waals surface area contributed by atoms with Gasteiger partial charge in [0.15, 0.2) is 0 Å². The molecular weight excluding hydrogens is 234 g/mol. The third-order valence-electron chi connectivity index (χ3n) is 3.67. The fraction of sp³-hybridized carbons (Fsp3) is 0.417. The van der Waals surface area contributed by atoms with Crippen molar-refractivity contribution < 1.29 is 14.7 Å². The minimum Gasteiger partial charge on any atom is -0.465 e. The van der Waals surface area contributed by atoms with Crippen molar-refractivity contribution in [1.29, 1.82) is 0 Å². The Labute approximate surface area is 104 Å². The molecule has 2 amide bonds. The number of hydrogen-bond donors (Lipinski definition) is 2. The number of nitrogens with zero attached hydrogens (tertiary/aromatic N) is 2. The summed E-state index contributed by atoms with van der Waals surface area (Å²) in [4.78, 5) is 28.6. The van der Waals surface area contributed by atoms with Crippen LogP contribution >= 0.6 is 0 Å². The monoisotopic (exact) mass is 247 g/mol. The summed E-state index contributed by atoms with van der Waals surface area (Å²) in [6, 6.07) is 3.46. The van der Waals surface area contributed by atoms with E-state index in [0.29, 0.717) is 25.2 Å². The lowest BCUT2D eigenvalue weighted by Gasteiger charge is -2.14. The van der Waals surface area contributed by atoms with E-state index in [1.54, 1.807) is 18.3 Å². The summed E-state index contributed by atoms with van der Waals surface area (Å²) in [5.74, 6) is 0.00632. The van der Waals surface area contributed by atoms with Gasteiger partial charge in [-0.3, -0.25) is 9.78 Å². The van der Waals surface area contributed by atoms with Gasteiger partial charge in [-0.1, -0.05) is 0 Å². The topological polar surface area (TPSA) is 82.5 Å². The van der Waals surface area contributed by atoms with E-state index >= 15 is 0 Å². The number of carbonyl (C=O) groups excluding carboxylic acids is 1. The van der Waals surface area contributed by atoms with Gasteiger partial charge in [0.2, 0.25) is 0 Å². The summed E-state index contributed by atoms with van der Waals surface area (Å²) in [6.45, 7) is 1.37. The van der Waals surface area contributed by atoms with E-state index in [2.05, 4.69) is 10.3 Å². The van der Waals surface area contributed by atoms with Gasteiger partial charge in [0.05, 0.1) is 11.3 Å². The highest BCUT2D eigenvalue weighted by Crippen LogP contribution is 2.34. The van der Waals surface area contributed by atoms with Crippen molar-refractivity contribution in [2.24, 2.45) is 5.92 Å². The number of rotatable bonds is 0. The van der Waals surface area contributed by atoms with Gasteiger partial charge >= 0.3 is 6.09 Å². The zero-order valence-corrected chi connectivity index (χ0v) is 9.67. The Bertz CT molecular complexity index is 517. The second-order valence-corrected chi connectivity index (χ2v) is 4.70. The maximum absolute atomic E-state index is 11.9. The summed E-state index contributed by atoms with van der Waals surface area (Å²) >= 11 is 0. The number of amides is 2. The van der Waals surface area contributed by atoms with Gasteiger partial charge in [-0.15, -0.1) is 0 Å². The first-order chi connectivity index (χ1) is 8.66. The molecule has 1 aromatic heterocycles. The van der Waals surface area contributed by atoms with Crippen LogP contribution in [0.25, 0.3) is 0 Å². The van der Waals surface area contributed by atoms with Crippen molar-refractivity contribution in [2.45, 2.75) is 5.92 Å². The van der Waals surface area contributed by atoms with Crippen LogP contribution in [0, 0.1) is 5.92 Å². The minimum atomic E-state index is -0.910. The Morgan fingerprint density at radius 3 is 3.11 bits per heavy atom. The Balaban J connectivity index is 2.00. The summed E-state index contributed by atoms with van der Waals surface area (Å²) in [5, 5.41) is 11.9. The number of pyridine rings is 1. The maximum Gasteiger partial charge on any atom is 0.407 e. The average molecular weight is 247 g/mol. The molecule has 0 spiro atoms. The van der Waals surface area contributed by atoms with Gasteiger partial charge in [-0.2, -0.15) is 0 Å². The largest absolute Gasteiger partial charge is 0.465 e. The predicted octanol–water partition coefficient (Wildman–Crippen LogP) is 0.518. The Hall–Kier alpha value is -2.11. The molecule has 18 heavy (non-hydrogen) atoms. The SMILES string of the molecule is O=C1NC[C@@H]2CN(C(=O)O)C[C@H]2c2ncccc21. The highest BCUT2D eigenvalue weighted by molar-refractivity contribution is 5.95. The molecule has 94 valence electrons. The minimum absolute atomic E-state index is 0.0104. The van der Waals surface area contributed by atoms with E-state index in [4.69, 9.17) is 5.11 Å². The lowest BCUT2D eigenvalue weighted by atomic mass is 9.91. The first-order valence-electron chi connectivity index (χ1n) is 5.88. The van der Waals surface area contributed by atoms with Gasteiger partial charge in [-0.25, -0.2) is 4.79 Å². The van der Waals surface area contributed by atoms with Crippen LogP contribution in [-0.4, -0.2) is 46.6 Å². The third kappa shape index (κ3) is 1.61. The number of aromatic nitrogens is 1. The van der Waals surface area contributed by atoms with E-state index in [0.717, 1.165) is 5.69 Å². The van der Waals surface area contributed by atoms with Crippen molar-refractivity contribution >= 4 is 12.0 Å². The molecule has 2 atom stereocenters. The molecule has 0 saturated carbocycles. The molecule has 2 aliphatic rings. The molecule has 1 saturated heterocycles. The molecule has 0 unspecified atom stereocenters. The van der Waals surface area contributed by atoms with Gasteiger partial charge in [-0.05, 0) is 12.1 Å². The fourth-order valence-electron chi connectivity index (χ4n) is 2.77. The van der Waals surface area contributed by atoms with Crippen LogP contribution in [0.2, 0.25) is 0 Å². The van der Waals surface area contributed by atoms with E-state index < -0.39 is 6.09 Å². The molecule has 3 heterocycles. The fourth-order valence-corrected chi connectivity index (χ4v) is 2.77.